The Morgan fingerprint density at radius 3 is 2.36 bits per heavy atom. The maximum atomic E-state index is 13.4. The minimum atomic E-state index is -0.855. The van der Waals surface area contributed by atoms with Crippen LogP contribution in [0.5, 0.6) is 11.9 Å². The topological polar surface area (TPSA) is 157 Å². The van der Waals surface area contributed by atoms with Crippen molar-refractivity contribution in [2.75, 3.05) is 21.2 Å². The number of nitro benzene ring substituents is 1. The maximum Gasteiger partial charge on any atom is 1.00 e. The summed E-state index contributed by atoms with van der Waals surface area (Å²) in [4.78, 5) is 29.6. The number of nitro groups is 1. The van der Waals surface area contributed by atoms with Crippen LogP contribution in [0.15, 0.2) is 41.2 Å². The Morgan fingerprint density at radius 1 is 1.12 bits per heavy atom. The molecule has 3 heterocycles. The summed E-state index contributed by atoms with van der Waals surface area (Å²) in [5, 5.41) is 35.7. The molecule has 33 heavy (non-hydrogen) atoms. The van der Waals surface area contributed by atoms with Crippen LogP contribution >= 0.6 is 0 Å². The molecule has 0 fully saturated rings. The van der Waals surface area contributed by atoms with Crippen LogP contribution in [-0.2, 0) is 6.54 Å². The van der Waals surface area contributed by atoms with E-state index in [2.05, 4.69) is 20.3 Å². The van der Waals surface area contributed by atoms with Crippen molar-refractivity contribution in [2.45, 2.75) is 6.54 Å². The second-order valence-electron chi connectivity index (χ2n) is 7.04. The molecule has 4 rings (SSSR count). The van der Waals surface area contributed by atoms with Crippen molar-refractivity contribution in [2.24, 2.45) is 0 Å². The van der Waals surface area contributed by atoms with E-state index in [1.165, 1.54) is 48.2 Å². The number of ether oxygens (including phenoxy) is 1. The van der Waals surface area contributed by atoms with Crippen LogP contribution in [0.4, 0.5) is 5.69 Å². The Bertz CT molecular complexity index is 1370. The first-order valence-corrected chi connectivity index (χ1v) is 9.29. The van der Waals surface area contributed by atoms with Crippen molar-refractivity contribution >= 4 is 16.7 Å². The van der Waals surface area contributed by atoms with Crippen LogP contribution in [0, 0.1) is 10.1 Å². The Hall–Kier alpha value is -3.39. The molecule has 0 N–H and O–H groups in total. The van der Waals surface area contributed by atoms with Gasteiger partial charge in [0, 0.05) is 24.7 Å². The van der Waals surface area contributed by atoms with E-state index in [-0.39, 0.29) is 64.5 Å². The minimum Gasteiger partial charge on any atom is -0.845 e. The molecule has 0 saturated carbocycles. The van der Waals surface area contributed by atoms with Crippen molar-refractivity contribution < 1.29 is 44.3 Å². The summed E-state index contributed by atoms with van der Waals surface area (Å²) in [6.07, 6.45) is 0. The van der Waals surface area contributed by atoms with Crippen molar-refractivity contribution in [1.29, 1.82) is 0 Å². The summed E-state index contributed by atoms with van der Waals surface area (Å²) < 4.78 is 7.22. The molecular weight excluding hydrogens is 443 g/mol. The molecule has 164 valence electrons. The predicted molar refractivity (Wildman–Crippen MR) is 110 cm³/mol. The van der Waals surface area contributed by atoms with Crippen molar-refractivity contribution in [3.05, 3.63) is 62.6 Å². The number of hydrogen-bond donors (Lipinski definition) is 0. The number of nitrogens with zero attached hydrogens (tertiary/aromatic N) is 8. The Balaban J connectivity index is 0.00000306. The molecule has 0 aliphatic rings. The van der Waals surface area contributed by atoms with Crippen LogP contribution in [0.25, 0.3) is 22.5 Å². The second-order valence-corrected chi connectivity index (χ2v) is 7.04. The van der Waals surface area contributed by atoms with E-state index >= 15 is 0 Å². The number of non-ortho nitro benzene ring substituents is 1. The Morgan fingerprint density at radius 2 is 1.82 bits per heavy atom. The maximum absolute atomic E-state index is 13.4. The van der Waals surface area contributed by atoms with Gasteiger partial charge in [-0.2, -0.15) is 0 Å². The molecule has 0 aliphatic carbocycles. The average Bonchev–Trinajstić information content (AvgIpc) is 3.11. The number of benzene rings is 1. The molecule has 0 aliphatic heterocycles. The molecule has 0 amide bonds. The first kappa shape index (κ1) is 24.3. The fraction of sp³-hybridized carbons (Fsp3) is 0.211. The third-order valence-electron chi connectivity index (χ3n) is 4.61. The predicted octanol–water partition coefficient (Wildman–Crippen LogP) is -2.58. The van der Waals surface area contributed by atoms with Gasteiger partial charge in [0.25, 0.3) is 11.2 Å². The molecule has 0 spiro atoms. The SMILES string of the molecule is COc1ccc(-n2c([O-])nc3nn(-c4ccc([N+](=O)[O-])cc4)c(CN(C)C)c3c2=O)nn1.[Na+]. The summed E-state index contributed by atoms with van der Waals surface area (Å²) in [6.45, 7) is 0.289. The summed E-state index contributed by atoms with van der Waals surface area (Å²) in [6, 6.07) is 7.72. The van der Waals surface area contributed by atoms with Gasteiger partial charge in [0.2, 0.25) is 5.88 Å². The third kappa shape index (κ3) is 4.57. The van der Waals surface area contributed by atoms with E-state index in [0.717, 1.165) is 4.57 Å². The van der Waals surface area contributed by atoms with Gasteiger partial charge in [-0.3, -0.25) is 19.5 Å². The quantitative estimate of drug-likeness (QED) is 0.170. The van der Waals surface area contributed by atoms with Crippen molar-refractivity contribution in [1.82, 2.24) is 34.4 Å². The van der Waals surface area contributed by atoms with E-state index in [9.17, 15) is 20.0 Å². The van der Waals surface area contributed by atoms with Gasteiger partial charge in [0.05, 0.1) is 29.4 Å². The normalized spacial score (nSPS) is 10.9. The first-order chi connectivity index (χ1) is 15.3. The van der Waals surface area contributed by atoms with Crippen molar-refractivity contribution in [3.63, 3.8) is 0 Å². The molecule has 1 aromatic carbocycles. The molecule has 13 nitrogen and oxygen atoms in total. The molecule has 0 saturated heterocycles. The molecule has 4 aromatic rings. The van der Waals surface area contributed by atoms with Crippen LogP contribution in [0.3, 0.4) is 0 Å². The Kier molecular flexibility index (Phi) is 7.07. The van der Waals surface area contributed by atoms with Crippen molar-refractivity contribution in [3.8, 4) is 23.4 Å². The monoisotopic (exact) mass is 460 g/mol. The van der Waals surface area contributed by atoms with Gasteiger partial charge in [0.1, 0.15) is 5.39 Å². The van der Waals surface area contributed by atoms with Gasteiger partial charge in [-0.1, -0.05) is 0 Å². The van der Waals surface area contributed by atoms with E-state index in [4.69, 9.17) is 4.74 Å². The van der Waals surface area contributed by atoms with E-state index < -0.39 is 16.5 Å². The molecule has 0 unspecified atom stereocenters. The van der Waals surface area contributed by atoms with Gasteiger partial charge in [-0.15, -0.1) is 15.3 Å². The van der Waals surface area contributed by atoms with E-state index in [1.807, 2.05) is 19.0 Å². The number of aromatic nitrogens is 6. The molecule has 3 aromatic heterocycles. The summed E-state index contributed by atoms with van der Waals surface area (Å²) in [5.74, 6) is 0.219. The first-order valence-electron chi connectivity index (χ1n) is 9.29. The zero-order chi connectivity index (χ0) is 23.0. The van der Waals surface area contributed by atoms with Gasteiger partial charge in [0.15, 0.2) is 11.5 Å². The molecule has 0 atom stereocenters. The standard InChI is InChI=1S/C19H18N8O5.Na/c1-24(2)10-13-16-17(23-26(13)11-4-6-12(7-5-11)27(30)31)20-19(29)25(18(16)28)14-8-9-15(32-3)22-21-14;/h4-9H,10H2,1-3H3,(H,20,23,29);/q;+1/p-1. The number of hydrogen-bond acceptors (Lipinski definition) is 10. The minimum absolute atomic E-state index is 0. The zero-order valence-electron chi connectivity index (χ0n) is 18.3. The molecule has 0 radical (unpaired) electrons. The molecule has 14 heteroatoms. The van der Waals surface area contributed by atoms with Gasteiger partial charge < -0.3 is 14.7 Å². The summed E-state index contributed by atoms with van der Waals surface area (Å²) in [7, 11) is 5.03. The molecular formula is C19H17N8NaO5. The van der Waals surface area contributed by atoms with Crippen LogP contribution in [0.2, 0.25) is 0 Å². The number of methoxy groups -OCH3 is 1. The van der Waals surface area contributed by atoms with E-state index in [0.29, 0.717) is 11.4 Å². The second kappa shape index (κ2) is 9.62. The summed E-state index contributed by atoms with van der Waals surface area (Å²) in [5.41, 5.74) is 0.178. The zero-order valence-corrected chi connectivity index (χ0v) is 20.3. The van der Waals surface area contributed by atoms with Gasteiger partial charge in [-0.05, 0) is 32.3 Å². The fourth-order valence-corrected chi connectivity index (χ4v) is 3.19. The largest absolute Gasteiger partial charge is 1.00 e. The number of fused-ring (bicyclic) bond motifs is 1. The fourth-order valence-electron chi connectivity index (χ4n) is 3.19. The summed E-state index contributed by atoms with van der Waals surface area (Å²) >= 11 is 0. The Labute approximate surface area is 208 Å². The average molecular weight is 460 g/mol. The smallest absolute Gasteiger partial charge is 0.845 e. The van der Waals surface area contributed by atoms with E-state index in [1.54, 1.807) is 0 Å². The van der Waals surface area contributed by atoms with Gasteiger partial charge >= 0.3 is 29.6 Å². The van der Waals surface area contributed by atoms with Gasteiger partial charge in [-0.25, -0.2) is 9.67 Å². The number of rotatable bonds is 6. The van der Waals surface area contributed by atoms with Crippen LogP contribution in [-0.4, -0.2) is 60.6 Å². The third-order valence-corrected chi connectivity index (χ3v) is 4.61. The van der Waals surface area contributed by atoms with Crippen LogP contribution in [0.1, 0.15) is 5.69 Å². The molecule has 0 bridgehead atoms. The van der Waals surface area contributed by atoms with Crippen LogP contribution < -0.4 is 45.0 Å².